The number of carbonyl (C=O) groups is 2. The van der Waals surface area contributed by atoms with Crippen LogP contribution in [0.1, 0.15) is 18.4 Å². The molecule has 0 spiro atoms. The van der Waals surface area contributed by atoms with Crippen molar-refractivity contribution < 1.29 is 19.4 Å². The molecule has 0 aromatic heterocycles. The zero-order valence-corrected chi connectivity index (χ0v) is 11.1. The highest BCUT2D eigenvalue weighted by Crippen LogP contribution is 2.26. The van der Waals surface area contributed by atoms with Crippen molar-refractivity contribution in [2.24, 2.45) is 5.92 Å². The standard InChI is InChI=1S/C12H13BrO4/c1-7(8-3-5-9(13)6-4-8)10(11(14)15)12(16)17-2/h3-7,10H,1-2H3,(H,14,15). The zero-order valence-electron chi connectivity index (χ0n) is 9.51. The van der Waals surface area contributed by atoms with Gasteiger partial charge in [-0.2, -0.15) is 0 Å². The molecule has 1 aromatic rings. The summed E-state index contributed by atoms with van der Waals surface area (Å²) in [5.74, 6) is -3.52. The van der Waals surface area contributed by atoms with Gasteiger partial charge in [0.2, 0.25) is 0 Å². The highest BCUT2D eigenvalue weighted by molar-refractivity contribution is 9.10. The first-order valence-corrected chi connectivity index (χ1v) is 5.82. The molecule has 1 N–H and O–H groups in total. The number of benzene rings is 1. The van der Waals surface area contributed by atoms with Crippen LogP contribution in [0.15, 0.2) is 28.7 Å². The average molecular weight is 301 g/mol. The van der Waals surface area contributed by atoms with Crippen molar-refractivity contribution in [1.82, 2.24) is 0 Å². The molecule has 0 heterocycles. The van der Waals surface area contributed by atoms with Crippen LogP contribution in [0.2, 0.25) is 0 Å². The van der Waals surface area contributed by atoms with Crippen LogP contribution in [0.3, 0.4) is 0 Å². The van der Waals surface area contributed by atoms with Crippen molar-refractivity contribution in [3.63, 3.8) is 0 Å². The molecular formula is C12H13BrO4. The molecule has 4 nitrogen and oxygen atoms in total. The fraction of sp³-hybridized carbons (Fsp3) is 0.333. The quantitative estimate of drug-likeness (QED) is 0.685. The molecule has 1 aromatic carbocycles. The number of rotatable bonds is 4. The average Bonchev–Trinajstić information content (AvgIpc) is 2.29. The largest absolute Gasteiger partial charge is 0.481 e. The molecule has 0 aliphatic carbocycles. The van der Waals surface area contributed by atoms with Gasteiger partial charge in [-0.05, 0) is 17.7 Å². The second kappa shape index (κ2) is 5.82. The van der Waals surface area contributed by atoms with E-state index in [1.807, 2.05) is 12.1 Å². The summed E-state index contributed by atoms with van der Waals surface area (Å²) >= 11 is 3.30. The van der Waals surface area contributed by atoms with Crippen molar-refractivity contribution in [2.45, 2.75) is 12.8 Å². The van der Waals surface area contributed by atoms with Crippen molar-refractivity contribution in [2.75, 3.05) is 7.11 Å². The Morgan fingerprint density at radius 1 is 1.29 bits per heavy atom. The van der Waals surface area contributed by atoms with E-state index in [1.165, 1.54) is 7.11 Å². The Morgan fingerprint density at radius 2 is 1.82 bits per heavy atom. The minimum Gasteiger partial charge on any atom is -0.481 e. The lowest BCUT2D eigenvalue weighted by Gasteiger charge is -2.18. The van der Waals surface area contributed by atoms with E-state index in [9.17, 15) is 9.59 Å². The van der Waals surface area contributed by atoms with Crippen LogP contribution in [-0.2, 0) is 14.3 Å². The highest BCUT2D eigenvalue weighted by Gasteiger charge is 2.33. The summed E-state index contributed by atoms with van der Waals surface area (Å²) in [4.78, 5) is 22.5. The Balaban J connectivity index is 2.99. The Labute approximate surface area is 108 Å². The molecule has 92 valence electrons. The Hall–Kier alpha value is -1.36. The number of hydrogen-bond acceptors (Lipinski definition) is 3. The predicted molar refractivity (Wildman–Crippen MR) is 65.7 cm³/mol. The van der Waals surface area contributed by atoms with Crippen molar-refractivity contribution in [3.8, 4) is 0 Å². The minimum atomic E-state index is -1.18. The Kier molecular flexibility index (Phi) is 4.69. The summed E-state index contributed by atoms with van der Waals surface area (Å²) < 4.78 is 5.41. The van der Waals surface area contributed by atoms with Crippen molar-refractivity contribution in [3.05, 3.63) is 34.3 Å². The van der Waals surface area contributed by atoms with Gasteiger partial charge in [0.05, 0.1) is 7.11 Å². The van der Waals surface area contributed by atoms with Crippen LogP contribution in [0.4, 0.5) is 0 Å². The zero-order chi connectivity index (χ0) is 13.0. The smallest absolute Gasteiger partial charge is 0.320 e. The molecule has 0 radical (unpaired) electrons. The van der Waals surface area contributed by atoms with Gasteiger partial charge in [-0.3, -0.25) is 9.59 Å². The molecule has 0 fully saturated rings. The highest BCUT2D eigenvalue weighted by atomic mass is 79.9. The number of esters is 1. The van der Waals surface area contributed by atoms with Crippen LogP contribution >= 0.6 is 15.9 Å². The molecule has 5 heteroatoms. The molecule has 0 saturated heterocycles. The summed E-state index contributed by atoms with van der Waals surface area (Å²) in [6, 6.07) is 7.19. The lowest BCUT2D eigenvalue weighted by atomic mass is 9.88. The molecule has 2 atom stereocenters. The molecule has 0 aliphatic heterocycles. The van der Waals surface area contributed by atoms with Gasteiger partial charge >= 0.3 is 11.9 Å². The van der Waals surface area contributed by atoms with Gasteiger partial charge < -0.3 is 9.84 Å². The van der Waals surface area contributed by atoms with Gasteiger partial charge in [0, 0.05) is 10.4 Å². The van der Waals surface area contributed by atoms with Crippen LogP contribution in [-0.4, -0.2) is 24.2 Å². The van der Waals surface area contributed by atoms with E-state index in [2.05, 4.69) is 20.7 Å². The van der Waals surface area contributed by atoms with Crippen LogP contribution in [0.5, 0.6) is 0 Å². The lowest BCUT2D eigenvalue weighted by molar-refractivity contribution is -0.157. The van der Waals surface area contributed by atoms with Crippen molar-refractivity contribution >= 4 is 27.9 Å². The number of carbonyl (C=O) groups excluding carboxylic acids is 1. The topological polar surface area (TPSA) is 63.6 Å². The maximum atomic E-state index is 11.4. The molecule has 0 aliphatic rings. The molecule has 17 heavy (non-hydrogen) atoms. The monoisotopic (exact) mass is 300 g/mol. The van der Waals surface area contributed by atoms with Gasteiger partial charge in [-0.1, -0.05) is 35.0 Å². The van der Waals surface area contributed by atoms with E-state index in [0.717, 1.165) is 10.0 Å². The van der Waals surface area contributed by atoms with E-state index >= 15 is 0 Å². The second-order valence-corrected chi connectivity index (χ2v) is 4.59. The normalized spacial score (nSPS) is 13.8. The summed E-state index contributed by atoms with van der Waals surface area (Å²) in [6.07, 6.45) is 0. The number of aliphatic carboxylic acids is 1. The first-order valence-electron chi connectivity index (χ1n) is 5.03. The Bertz CT molecular complexity index is 413. The van der Waals surface area contributed by atoms with Crippen molar-refractivity contribution in [1.29, 1.82) is 0 Å². The fourth-order valence-corrected chi connectivity index (χ4v) is 1.87. The molecule has 0 amide bonds. The van der Waals surface area contributed by atoms with Gasteiger partial charge in [0.25, 0.3) is 0 Å². The number of hydrogen-bond donors (Lipinski definition) is 1. The van der Waals surface area contributed by atoms with Gasteiger partial charge in [-0.25, -0.2) is 0 Å². The van der Waals surface area contributed by atoms with E-state index in [1.54, 1.807) is 19.1 Å². The molecular weight excluding hydrogens is 288 g/mol. The number of carboxylic acids is 1. The van der Waals surface area contributed by atoms with Gasteiger partial charge in [-0.15, -0.1) is 0 Å². The third-order valence-corrected chi connectivity index (χ3v) is 3.15. The third-order valence-electron chi connectivity index (χ3n) is 2.62. The van der Waals surface area contributed by atoms with Gasteiger partial charge in [0.1, 0.15) is 0 Å². The summed E-state index contributed by atoms with van der Waals surface area (Å²) in [5.41, 5.74) is 0.783. The van der Waals surface area contributed by atoms with Gasteiger partial charge in [0.15, 0.2) is 5.92 Å². The maximum absolute atomic E-state index is 11.4. The van der Waals surface area contributed by atoms with E-state index in [-0.39, 0.29) is 0 Å². The van der Waals surface area contributed by atoms with Crippen LogP contribution < -0.4 is 0 Å². The number of halogens is 1. The summed E-state index contributed by atoms with van der Waals surface area (Å²) in [6.45, 7) is 1.69. The van der Waals surface area contributed by atoms with Crippen LogP contribution in [0, 0.1) is 5.92 Å². The third kappa shape index (κ3) is 3.30. The van der Waals surface area contributed by atoms with Crippen LogP contribution in [0.25, 0.3) is 0 Å². The van der Waals surface area contributed by atoms with E-state index in [4.69, 9.17) is 5.11 Å². The SMILES string of the molecule is COC(=O)C(C(=O)O)C(C)c1ccc(Br)cc1. The summed E-state index contributed by atoms with van der Waals surface area (Å²) in [7, 11) is 1.19. The second-order valence-electron chi connectivity index (χ2n) is 3.68. The first kappa shape index (κ1) is 13.7. The minimum absolute atomic E-state index is 0.437. The van der Waals surface area contributed by atoms with E-state index in [0.29, 0.717) is 0 Å². The fourth-order valence-electron chi connectivity index (χ4n) is 1.60. The van der Waals surface area contributed by atoms with E-state index < -0.39 is 23.8 Å². The molecule has 0 saturated carbocycles. The molecule has 1 rings (SSSR count). The number of ether oxygens (including phenoxy) is 1. The molecule has 2 unspecified atom stereocenters. The summed E-state index contributed by atoms with van der Waals surface area (Å²) in [5, 5.41) is 9.05. The number of methoxy groups -OCH3 is 1. The number of carboxylic acid groups (broad SMARTS) is 1. The first-order chi connectivity index (χ1) is 7.97. The maximum Gasteiger partial charge on any atom is 0.320 e. The predicted octanol–water partition coefficient (Wildman–Crippen LogP) is 2.43. The molecule has 0 bridgehead atoms. The Morgan fingerprint density at radius 3 is 2.24 bits per heavy atom. The lowest BCUT2D eigenvalue weighted by Crippen LogP contribution is -2.29.